The number of hydrogen-bond acceptors (Lipinski definition) is 8. The highest BCUT2D eigenvalue weighted by Crippen LogP contribution is 2.27. The standard InChI is InChI=1S/C20H24N8O2S/c1-24-13-23-17-15(24)19(29)28(20(30)25(17)2)6-3-5-26-7-9-27(10-8-26)16-14-4-11-31-18(14)22-12-21-16/h4,11-13H,3,5-10H2,1-2H3. The minimum Gasteiger partial charge on any atom is -0.353 e. The number of piperazine rings is 1. The third-order valence-corrected chi connectivity index (χ3v) is 6.79. The van der Waals surface area contributed by atoms with Gasteiger partial charge in [-0.15, -0.1) is 11.3 Å². The van der Waals surface area contributed by atoms with Crippen molar-refractivity contribution in [3.05, 3.63) is 44.9 Å². The molecule has 5 heterocycles. The molecule has 4 aromatic heterocycles. The number of thiophene rings is 1. The number of nitrogens with zero attached hydrogens (tertiary/aromatic N) is 8. The van der Waals surface area contributed by atoms with E-state index < -0.39 is 0 Å². The summed E-state index contributed by atoms with van der Waals surface area (Å²) in [5.41, 5.74) is 0.297. The fourth-order valence-corrected chi connectivity index (χ4v) is 4.99. The predicted octanol–water partition coefficient (Wildman–Crippen LogP) is 0.651. The van der Waals surface area contributed by atoms with Gasteiger partial charge in [0.1, 0.15) is 17.0 Å². The first-order valence-electron chi connectivity index (χ1n) is 10.3. The number of aryl methyl sites for hydroxylation is 2. The SMILES string of the molecule is Cn1cnc2c1c(=O)n(CCCN1CCN(c3ncnc4sccc34)CC1)c(=O)n2C. The van der Waals surface area contributed by atoms with Gasteiger partial charge < -0.3 is 9.47 Å². The molecule has 31 heavy (non-hydrogen) atoms. The van der Waals surface area contributed by atoms with E-state index in [4.69, 9.17) is 0 Å². The molecule has 10 nitrogen and oxygen atoms in total. The zero-order valence-electron chi connectivity index (χ0n) is 17.6. The van der Waals surface area contributed by atoms with E-state index in [1.165, 1.54) is 9.13 Å². The van der Waals surface area contributed by atoms with Crippen molar-refractivity contribution in [1.29, 1.82) is 0 Å². The average molecular weight is 441 g/mol. The van der Waals surface area contributed by atoms with E-state index in [9.17, 15) is 9.59 Å². The van der Waals surface area contributed by atoms with E-state index in [2.05, 4.69) is 30.8 Å². The molecule has 0 radical (unpaired) electrons. The van der Waals surface area contributed by atoms with E-state index >= 15 is 0 Å². The summed E-state index contributed by atoms with van der Waals surface area (Å²) in [4.78, 5) is 44.1. The van der Waals surface area contributed by atoms with Gasteiger partial charge in [-0.3, -0.25) is 18.8 Å². The van der Waals surface area contributed by atoms with Crippen LogP contribution in [0.3, 0.4) is 0 Å². The quantitative estimate of drug-likeness (QED) is 0.450. The van der Waals surface area contributed by atoms with Gasteiger partial charge in [-0.25, -0.2) is 19.7 Å². The molecule has 0 spiro atoms. The van der Waals surface area contributed by atoms with Crippen LogP contribution in [0.2, 0.25) is 0 Å². The smallest absolute Gasteiger partial charge is 0.332 e. The molecule has 5 rings (SSSR count). The zero-order chi connectivity index (χ0) is 21.5. The summed E-state index contributed by atoms with van der Waals surface area (Å²) in [7, 11) is 3.43. The van der Waals surface area contributed by atoms with Gasteiger partial charge in [0, 0.05) is 46.8 Å². The Hall–Kier alpha value is -3.05. The van der Waals surface area contributed by atoms with Crippen molar-refractivity contribution < 1.29 is 0 Å². The van der Waals surface area contributed by atoms with Crippen molar-refractivity contribution in [2.24, 2.45) is 14.1 Å². The number of rotatable bonds is 5. The molecular formula is C20H24N8O2S. The first-order chi connectivity index (χ1) is 15.0. The Morgan fingerprint density at radius 1 is 1.03 bits per heavy atom. The largest absolute Gasteiger partial charge is 0.353 e. The Balaban J connectivity index is 1.23. The van der Waals surface area contributed by atoms with Crippen LogP contribution in [0.15, 0.2) is 33.7 Å². The van der Waals surface area contributed by atoms with Crippen LogP contribution >= 0.6 is 11.3 Å². The van der Waals surface area contributed by atoms with Crippen molar-refractivity contribution in [1.82, 2.24) is 33.6 Å². The molecule has 0 bridgehead atoms. The molecule has 0 aromatic carbocycles. The topological polar surface area (TPSA) is 94.1 Å². The van der Waals surface area contributed by atoms with E-state index in [0.717, 1.165) is 55.2 Å². The lowest BCUT2D eigenvalue weighted by Crippen LogP contribution is -2.47. The molecule has 4 aromatic rings. The molecule has 162 valence electrons. The Bertz CT molecular complexity index is 1360. The minimum atomic E-state index is -0.315. The number of anilines is 1. The van der Waals surface area contributed by atoms with Crippen LogP contribution in [0.1, 0.15) is 6.42 Å². The summed E-state index contributed by atoms with van der Waals surface area (Å²) < 4.78 is 4.45. The summed E-state index contributed by atoms with van der Waals surface area (Å²) in [6.45, 7) is 4.86. The first-order valence-corrected chi connectivity index (χ1v) is 11.2. The molecule has 11 heteroatoms. The Labute approximate surface area is 182 Å². The first kappa shape index (κ1) is 19.9. The summed E-state index contributed by atoms with van der Waals surface area (Å²) >= 11 is 1.63. The van der Waals surface area contributed by atoms with E-state index in [-0.39, 0.29) is 11.2 Å². The van der Waals surface area contributed by atoms with Gasteiger partial charge in [-0.05, 0) is 24.4 Å². The number of hydrogen-bond donors (Lipinski definition) is 0. The van der Waals surface area contributed by atoms with Crippen molar-refractivity contribution in [3.63, 3.8) is 0 Å². The van der Waals surface area contributed by atoms with Gasteiger partial charge >= 0.3 is 5.69 Å². The highest BCUT2D eigenvalue weighted by molar-refractivity contribution is 7.16. The Kier molecular flexibility index (Phi) is 5.06. The second kappa shape index (κ2) is 7.89. The van der Waals surface area contributed by atoms with Gasteiger partial charge in [-0.2, -0.15) is 0 Å². The fourth-order valence-electron chi connectivity index (χ4n) is 4.26. The average Bonchev–Trinajstić information content (AvgIpc) is 3.42. The zero-order valence-corrected chi connectivity index (χ0v) is 18.4. The molecule has 0 atom stereocenters. The molecule has 1 fully saturated rings. The Morgan fingerprint density at radius 3 is 2.65 bits per heavy atom. The van der Waals surface area contributed by atoms with Crippen molar-refractivity contribution in [2.75, 3.05) is 37.6 Å². The lowest BCUT2D eigenvalue weighted by molar-refractivity contribution is 0.249. The maximum absolute atomic E-state index is 12.8. The van der Waals surface area contributed by atoms with Gasteiger partial charge in [0.05, 0.1) is 11.7 Å². The summed E-state index contributed by atoms with van der Waals surface area (Å²) in [5, 5.41) is 3.16. The molecule has 0 amide bonds. The van der Waals surface area contributed by atoms with Crippen LogP contribution in [0.25, 0.3) is 21.4 Å². The molecule has 1 saturated heterocycles. The van der Waals surface area contributed by atoms with Crippen molar-refractivity contribution in [3.8, 4) is 0 Å². The van der Waals surface area contributed by atoms with Crippen LogP contribution in [-0.2, 0) is 20.6 Å². The van der Waals surface area contributed by atoms with Crippen LogP contribution in [0.5, 0.6) is 0 Å². The van der Waals surface area contributed by atoms with Gasteiger partial charge in [0.15, 0.2) is 11.2 Å². The molecule has 0 aliphatic carbocycles. The second-order valence-electron chi connectivity index (χ2n) is 7.85. The van der Waals surface area contributed by atoms with Crippen molar-refractivity contribution >= 4 is 38.5 Å². The number of imidazole rings is 1. The summed E-state index contributed by atoms with van der Waals surface area (Å²) in [6.07, 6.45) is 3.94. The van der Waals surface area contributed by atoms with Gasteiger partial charge in [0.25, 0.3) is 5.56 Å². The van der Waals surface area contributed by atoms with E-state index in [1.54, 1.807) is 42.7 Å². The van der Waals surface area contributed by atoms with Crippen LogP contribution in [0, 0.1) is 0 Å². The van der Waals surface area contributed by atoms with E-state index in [0.29, 0.717) is 17.7 Å². The van der Waals surface area contributed by atoms with Gasteiger partial charge in [-0.1, -0.05) is 0 Å². The highest BCUT2D eigenvalue weighted by atomic mass is 32.1. The van der Waals surface area contributed by atoms with E-state index in [1.807, 2.05) is 5.38 Å². The third-order valence-electron chi connectivity index (χ3n) is 5.97. The number of fused-ring (bicyclic) bond motifs is 2. The van der Waals surface area contributed by atoms with Crippen LogP contribution in [0.4, 0.5) is 5.82 Å². The normalized spacial score (nSPS) is 15.4. The molecular weight excluding hydrogens is 416 g/mol. The molecule has 0 N–H and O–H groups in total. The van der Waals surface area contributed by atoms with Crippen LogP contribution < -0.4 is 16.1 Å². The van der Waals surface area contributed by atoms with Crippen LogP contribution in [-0.4, -0.2) is 66.3 Å². The number of aromatic nitrogens is 6. The second-order valence-corrected chi connectivity index (χ2v) is 8.74. The lowest BCUT2D eigenvalue weighted by atomic mass is 10.2. The lowest BCUT2D eigenvalue weighted by Gasteiger charge is -2.35. The molecule has 1 aliphatic heterocycles. The van der Waals surface area contributed by atoms with Crippen molar-refractivity contribution in [2.45, 2.75) is 13.0 Å². The third kappa shape index (κ3) is 3.43. The predicted molar refractivity (Wildman–Crippen MR) is 121 cm³/mol. The molecule has 0 saturated carbocycles. The minimum absolute atomic E-state index is 0.272. The fraction of sp³-hybridized carbons (Fsp3) is 0.450. The molecule has 0 unspecified atom stereocenters. The summed E-state index contributed by atoms with van der Waals surface area (Å²) in [6, 6.07) is 2.08. The summed E-state index contributed by atoms with van der Waals surface area (Å²) in [5.74, 6) is 1.01. The van der Waals surface area contributed by atoms with Gasteiger partial charge in [0.2, 0.25) is 0 Å². The highest BCUT2D eigenvalue weighted by Gasteiger charge is 2.20. The molecule has 1 aliphatic rings. The Morgan fingerprint density at radius 2 is 1.84 bits per heavy atom. The maximum Gasteiger partial charge on any atom is 0.332 e. The monoisotopic (exact) mass is 440 g/mol. The maximum atomic E-state index is 12.8.